The lowest BCUT2D eigenvalue weighted by Crippen LogP contribution is -1.81. The van der Waals surface area contributed by atoms with Crippen molar-refractivity contribution in [3.63, 3.8) is 0 Å². The second-order valence-electron chi connectivity index (χ2n) is 1.85. The number of aromatic nitrogens is 3. The van der Waals surface area contributed by atoms with E-state index in [2.05, 4.69) is 21.1 Å². The third-order valence-electron chi connectivity index (χ3n) is 1.20. The fourth-order valence-corrected chi connectivity index (χ4v) is 0.763. The molecular weight excluding hydrogens is 126 g/mol. The normalized spacial score (nSPS) is 10.0. The average Bonchev–Trinajstić information content (AvgIpc) is 2.05. The first-order valence-electron chi connectivity index (χ1n) is 2.90. The summed E-state index contributed by atoms with van der Waals surface area (Å²) in [4.78, 5) is 11.8. The van der Waals surface area contributed by atoms with Crippen molar-refractivity contribution in [3.8, 4) is 0 Å². The number of pyridine rings is 1. The van der Waals surface area contributed by atoms with Crippen molar-refractivity contribution in [1.82, 2.24) is 15.0 Å². The van der Waals surface area contributed by atoms with E-state index in [0.29, 0.717) is 5.52 Å². The quantitative estimate of drug-likeness (QED) is 0.530. The highest BCUT2D eigenvalue weighted by Crippen LogP contribution is 2.01. The molecule has 0 spiro atoms. The van der Waals surface area contributed by atoms with Crippen LogP contribution in [0.5, 0.6) is 0 Å². The van der Waals surface area contributed by atoms with Gasteiger partial charge in [0.15, 0.2) is 0 Å². The van der Waals surface area contributed by atoms with Crippen LogP contribution in [0, 0.1) is 6.20 Å². The smallest absolute Gasteiger partial charge is 0.119 e. The lowest BCUT2D eigenvalue weighted by atomic mass is 10.4. The Morgan fingerprint density at radius 2 is 2.00 bits per heavy atom. The molecule has 0 N–H and O–H groups in total. The Morgan fingerprint density at radius 3 is 2.90 bits per heavy atom. The van der Waals surface area contributed by atoms with Crippen LogP contribution in [0.15, 0.2) is 24.7 Å². The van der Waals surface area contributed by atoms with Crippen LogP contribution in [0.1, 0.15) is 0 Å². The van der Waals surface area contributed by atoms with Crippen LogP contribution in [-0.2, 0) is 0 Å². The molecule has 0 aliphatic rings. The van der Waals surface area contributed by atoms with E-state index in [9.17, 15) is 0 Å². The van der Waals surface area contributed by atoms with Gasteiger partial charge >= 0.3 is 0 Å². The Kier molecular flexibility index (Phi) is 1.07. The summed E-state index contributed by atoms with van der Waals surface area (Å²) >= 11 is 0. The number of rotatable bonds is 0. The van der Waals surface area contributed by atoms with E-state index in [1.165, 1.54) is 0 Å². The van der Waals surface area contributed by atoms with Gasteiger partial charge in [-0.05, 0) is 6.07 Å². The van der Waals surface area contributed by atoms with E-state index in [1.54, 1.807) is 24.7 Å². The summed E-state index contributed by atoms with van der Waals surface area (Å²) in [6.07, 6.45) is 7.65. The van der Waals surface area contributed by atoms with Gasteiger partial charge in [-0.1, -0.05) is 0 Å². The van der Waals surface area contributed by atoms with Gasteiger partial charge in [0.05, 0.1) is 5.52 Å². The van der Waals surface area contributed by atoms with Crippen LogP contribution < -0.4 is 0 Å². The predicted molar refractivity (Wildman–Crippen MR) is 36.2 cm³/mol. The molecule has 2 aromatic rings. The molecular formula is C7H4N3. The third kappa shape index (κ3) is 0.719. The molecule has 2 heterocycles. The first kappa shape index (κ1) is 5.29. The highest BCUT2D eigenvalue weighted by atomic mass is 14.8. The maximum absolute atomic E-state index is 4.05. The van der Waals surface area contributed by atoms with Crippen LogP contribution in [0.2, 0.25) is 0 Å². The molecule has 0 saturated carbocycles. The van der Waals surface area contributed by atoms with Crippen molar-refractivity contribution in [1.29, 1.82) is 0 Å². The van der Waals surface area contributed by atoms with Gasteiger partial charge in [-0.2, -0.15) is 0 Å². The van der Waals surface area contributed by atoms with Crippen LogP contribution in [0.25, 0.3) is 11.0 Å². The predicted octanol–water partition coefficient (Wildman–Crippen LogP) is 0.825. The Hall–Kier alpha value is -1.51. The summed E-state index contributed by atoms with van der Waals surface area (Å²) in [5.41, 5.74) is 1.54. The number of hydrogen-bond donors (Lipinski definition) is 0. The zero-order valence-electron chi connectivity index (χ0n) is 5.15. The zero-order chi connectivity index (χ0) is 6.81. The first-order chi connectivity index (χ1) is 4.97. The molecule has 10 heavy (non-hydrogen) atoms. The summed E-state index contributed by atoms with van der Waals surface area (Å²) < 4.78 is 0. The highest BCUT2D eigenvalue weighted by molar-refractivity contribution is 5.71. The minimum absolute atomic E-state index is 0.713. The number of hydrogen-bond acceptors (Lipinski definition) is 3. The van der Waals surface area contributed by atoms with Gasteiger partial charge in [-0.25, -0.2) is 0 Å². The Bertz CT molecular complexity index is 280. The van der Waals surface area contributed by atoms with Gasteiger partial charge in [0.2, 0.25) is 0 Å². The second kappa shape index (κ2) is 2.02. The maximum Gasteiger partial charge on any atom is 0.119 e. The van der Waals surface area contributed by atoms with Crippen LogP contribution in [0.3, 0.4) is 0 Å². The molecule has 3 heteroatoms. The van der Waals surface area contributed by atoms with E-state index >= 15 is 0 Å². The Balaban J connectivity index is 2.89. The van der Waals surface area contributed by atoms with Crippen molar-refractivity contribution in [2.75, 3.05) is 0 Å². The summed E-state index contributed by atoms with van der Waals surface area (Å²) in [6.45, 7) is 0. The standard InChI is InChI=1S/C7H4N3/c1-2-8-5-7-6(1)9-3-4-10-7/h1-4H. The summed E-state index contributed by atoms with van der Waals surface area (Å²) in [5, 5.41) is 0. The first-order valence-corrected chi connectivity index (χ1v) is 2.90. The summed E-state index contributed by atoms with van der Waals surface area (Å²) in [5.74, 6) is 0. The minimum atomic E-state index is 0.713. The van der Waals surface area contributed by atoms with Gasteiger partial charge in [0.25, 0.3) is 0 Å². The Labute approximate surface area is 57.8 Å². The molecule has 2 aromatic heterocycles. The number of nitrogens with zero attached hydrogens (tertiary/aromatic N) is 3. The van der Waals surface area contributed by atoms with Crippen molar-refractivity contribution in [2.45, 2.75) is 0 Å². The summed E-state index contributed by atoms with van der Waals surface area (Å²) in [7, 11) is 0. The fraction of sp³-hybridized carbons (Fsp3) is 0. The van der Waals surface area contributed by atoms with Crippen molar-refractivity contribution >= 4 is 11.0 Å². The fourth-order valence-electron chi connectivity index (χ4n) is 0.763. The van der Waals surface area contributed by atoms with Gasteiger partial charge < -0.3 is 0 Å². The molecule has 0 bridgehead atoms. The lowest BCUT2D eigenvalue weighted by molar-refractivity contribution is 1.24. The second-order valence-corrected chi connectivity index (χ2v) is 1.85. The molecule has 0 saturated heterocycles. The van der Waals surface area contributed by atoms with Crippen LogP contribution >= 0.6 is 0 Å². The maximum atomic E-state index is 4.05. The molecule has 0 unspecified atom stereocenters. The molecule has 0 aliphatic carbocycles. The molecule has 47 valence electrons. The largest absolute Gasteiger partial charge is 0.253 e. The molecule has 0 aromatic carbocycles. The topological polar surface area (TPSA) is 38.7 Å². The van der Waals surface area contributed by atoms with Gasteiger partial charge in [0.1, 0.15) is 11.7 Å². The lowest BCUT2D eigenvalue weighted by Gasteiger charge is -1.89. The highest BCUT2D eigenvalue weighted by Gasteiger charge is 1.90. The van der Waals surface area contributed by atoms with E-state index < -0.39 is 0 Å². The molecule has 0 aliphatic heterocycles. The molecule has 1 radical (unpaired) electrons. The van der Waals surface area contributed by atoms with Gasteiger partial charge in [-0.15, -0.1) is 0 Å². The Morgan fingerprint density at radius 1 is 1.10 bits per heavy atom. The van der Waals surface area contributed by atoms with Crippen LogP contribution in [0.4, 0.5) is 0 Å². The van der Waals surface area contributed by atoms with Crippen LogP contribution in [-0.4, -0.2) is 15.0 Å². The minimum Gasteiger partial charge on any atom is -0.253 e. The van der Waals surface area contributed by atoms with Crippen molar-refractivity contribution in [2.24, 2.45) is 0 Å². The SMILES string of the molecule is [c]1nccc2nccnc12. The molecule has 3 nitrogen and oxygen atoms in total. The average molecular weight is 130 g/mol. The van der Waals surface area contributed by atoms with E-state index in [1.807, 2.05) is 0 Å². The van der Waals surface area contributed by atoms with E-state index in [-0.39, 0.29) is 0 Å². The van der Waals surface area contributed by atoms with Crippen molar-refractivity contribution in [3.05, 3.63) is 30.9 Å². The van der Waals surface area contributed by atoms with E-state index in [4.69, 9.17) is 0 Å². The van der Waals surface area contributed by atoms with Crippen molar-refractivity contribution < 1.29 is 0 Å². The summed E-state index contributed by atoms with van der Waals surface area (Å²) in [6, 6.07) is 1.80. The molecule has 2 rings (SSSR count). The number of fused-ring (bicyclic) bond motifs is 1. The monoisotopic (exact) mass is 130 g/mol. The third-order valence-corrected chi connectivity index (χ3v) is 1.20. The molecule has 0 amide bonds. The van der Waals surface area contributed by atoms with Gasteiger partial charge in [0, 0.05) is 18.6 Å². The van der Waals surface area contributed by atoms with E-state index in [0.717, 1.165) is 5.52 Å². The van der Waals surface area contributed by atoms with Gasteiger partial charge in [-0.3, -0.25) is 15.0 Å². The zero-order valence-corrected chi connectivity index (χ0v) is 5.15. The molecule has 0 fully saturated rings. The molecule has 0 atom stereocenters.